The Morgan fingerprint density at radius 2 is 1.74 bits per heavy atom. The van der Waals surface area contributed by atoms with Gasteiger partial charge < -0.3 is 5.73 Å². The molecule has 0 spiro atoms. The summed E-state index contributed by atoms with van der Waals surface area (Å²) < 4.78 is 0. The molecule has 2 N–H and O–H groups in total. The molecule has 0 bridgehead atoms. The summed E-state index contributed by atoms with van der Waals surface area (Å²) >= 11 is 0. The maximum atomic E-state index is 6.37. The summed E-state index contributed by atoms with van der Waals surface area (Å²) in [5, 5.41) is 0. The molecule has 1 saturated carbocycles. The lowest BCUT2D eigenvalue weighted by molar-refractivity contribution is 0.234. The normalized spacial score (nSPS) is 19.8. The van der Waals surface area contributed by atoms with Crippen LogP contribution in [0.25, 0.3) is 0 Å². The van der Waals surface area contributed by atoms with Crippen molar-refractivity contribution in [2.75, 3.05) is 0 Å². The second-order valence-corrected chi connectivity index (χ2v) is 7.40. The van der Waals surface area contributed by atoms with Crippen LogP contribution in [0.1, 0.15) is 76.5 Å². The van der Waals surface area contributed by atoms with Gasteiger partial charge in [0.15, 0.2) is 0 Å². The molecule has 1 aliphatic rings. The molecule has 0 saturated heterocycles. The molecule has 1 fully saturated rings. The van der Waals surface area contributed by atoms with E-state index in [0.29, 0.717) is 11.3 Å². The topological polar surface area (TPSA) is 26.0 Å². The summed E-state index contributed by atoms with van der Waals surface area (Å²) in [4.78, 5) is 0. The van der Waals surface area contributed by atoms with Crippen LogP contribution in [0, 0.1) is 11.3 Å². The number of rotatable bonds is 4. The van der Waals surface area contributed by atoms with E-state index in [4.69, 9.17) is 5.73 Å². The molecule has 2 rings (SSSR count). The molecule has 0 amide bonds. The zero-order chi connectivity index (χ0) is 14.0. The van der Waals surface area contributed by atoms with Crippen molar-refractivity contribution < 1.29 is 0 Å². The molecule has 19 heavy (non-hydrogen) atoms. The predicted octanol–water partition coefficient (Wildman–Crippen LogP) is 5.03. The van der Waals surface area contributed by atoms with E-state index in [1.165, 1.54) is 30.4 Å². The van der Waals surface area contributed by atoms with Gasteiger partial charge in [-0.15, -0.1) is 0 Å². The highest BCUT2D eigenvalue weighted by molar-refractivity contribution is 5.28. The summed E-state index contributed by atoms with van der Waals surface area (Å²) in [6, 6.07) is 9.24. The highest BCUT2D eigenvalue weighted by atomic mass is 14.6. The Bertz CT molecular complexity index is 395. The molecule has 106 valence electrons. The van der Waals surface area contributed by atoms with E-state index >= 15 is 0 Å². The highest BCUT2D eigenvalue weighted by Crippen LogP contribution is 2.37. The van der Waals surface area contributed by atoms with Crippen LogP contribution in [0.5, 0.6) is 0 Å². The predicted molar refractivity (Wildman–Crippen MR) is 83.2 cm³/mol. The largest absolute Gasteiger partial charge is 0.324 e. The van der Waals surface area contributed by atoms with Crippen LogP contribution in [0.4, 0.5) is 0 Å². The van der Waals surface area contributed by atoms with Crippen LogP contribution >= 0.6 is 0 Å². The van der Waals surface area contributed by atoms with E-state index < -0.39 is 0 Å². The minimum Gasteiger partial charge on any atom is -0.324 e. The van der Waals surface area contributed by atoms with Gasteiger partial charge in [0.05, 0.1) is 0 Å². The molecule has 0 aliphatic heterocycles. The highest BCUT2D eigenvalue weighted by Gasteiger charge is 2.23. The van der Waals surface area contributed by atoms with Gasteiger partial charge in [0.25, 0.3) is 0 Å². The number of hydrogen-bond donors (Lipinski definition) is 1. The van der Waals surface area contributed by atoms with Crippen molar-refractivity contribution in [2.24, 2.45) is 17.1 Å². The minimum atomic E-state index is 0.171. The summed E-state index contributed by atoms with van der Waals surface area (Å²) in [7, 11) is 0. The van der Waals surface area contributed by atoms with Crippen molar-refractivity contribution in [1.82, 2.24) is 0 Å². The number of hydrogen-bond acceptors (Lipinski definition) is 1. The monoisotopic (exact) mass is 259 g/mol. The fourth-order valence-corrected chi connectivity index (χ4v) is 2.63. The lowest BCUT2D eigenvalue weighted by Crippen LogP contribution is -2.23. The first kappa shape index (κ1) is 14.6. The Hall–Kier alpha value is -0.820. The fourth-order valence-electron chi connectivity index (χ4n) is 2.63. The van der Waals surface area contributed by atoms with Gasteiger partial charge in [0.1, 0.15) is 0 Å². The second-order valence-electron chi connectivity index (χ2n) is 7.40. The average Bonchev–Trinajstić information content (AvgIpc) is 2.26. The van der Waals surface area contributed by atoms with Gasteiger partial charge in [-0.25, -0.2) is 0 Å². The molecule has 1 aromatic carbocycles. The van der Waals surface area contributed by atoms with E-state index in [1.807, 2.05) is 0 Å². The molecule has 0 heterocycles. The van der Waals surface area contributed by atoms with E-state index in [2.05, 4.69) is 52.0 Å². The third-order valence-electron chi connectivity index (χ3n) is 5.03. The third-order valence-corrected chi connectivity index (χ3v) is 5.03. The molecule has 0 radical (unpaired) electrons. The maximum Gasteiger partial charge on any atom is 0.0297 e. The van der Waals surface area contributed by atoms with E-state index in [-0.39, 0.29) is 6.04 Å². The lowest BCUT2D eigenvalue weighted by Gasteiger charge is -2.30. The smallest absolute Gasteiger partial charge is 0.0297 e. The first-order valence-electron chi connectivity index (χ1n) is 7.73. The van der Waals surface area contributed by atoms with Crippen molar-refractivity contribution in [2.45, 2.75) is 65.3 Å². The lowest BCUT2D eigenvalue weighted by atomic mass is 9.77. The summed E-state index contributed by atoms with van der Waals surface area (Å²) in [5.41, 5.74) is 9.50. The number of nitrogens with two attached hydrogens (primary N) is 1. The Morgan fingerprint density at radius 3 is 2.16 bits per heavy atom. The van der Waals surface area contributed by atoms with Crippen molar-refractivity contribution in [3.63, 3.8) is 0 Å². The van der Waals surface area contributed by atoms with Crippen LogP contribution in [0.2, 0.25) is 0 Å². The Labute approximate surface area is 118 Å². The molecule has 0 aromatic heterocycles. The van der Waals surface area contributed by atoms with Crippen LogP contribution in [0.3, 0.4) is 0 Å². The first-order chi connectivity index (χ1) is 8.88. The molecule has 1 aliphatic carbocycles. The molecule has 1 heteroatoms. The molecular formula is C18H29N. The standard InChI is InChI=1S/C18H29N/c1-13(18(2,3)4)12-17(19)16-10-8-15(9-11-16)14-6-5-7-14/h8-11,13-14,17H,5-7,12,19H2,1-4H3. The van der Waals surface area contributed by atoms with Crippen LogP contribution < -0.4 is 5.73 Å². The first-order valence-corrected chi connectivity index (χ1v) is 7.73. The van der Waals surface area contributed by atoms with Crippen molar-refractivity contribution in [3.05, 3.63) is 35.4 Å². The molecule has 1 nitrogen and oxygen atoms in total. The Morgan fingerprint density at radius 1 is 1.16 bits per heavy atom. The molecule has 2 atom stereocenters. The zero-order valence-corrected chi connectivity index (χ0v) is 12.9. The Balaban J connectivity index is 1.97. The van der Waals surface area contributed by atoms with Crippen molar-refractivity contribution in [1.29, 1.82) is 0 Å². The molecule has 2 unspecified atom stereocenters. The van der Waals surface area contributed by atoms with Gasteiger partial charge in [0.2, 0.25) is 0 Å². The van der Waals surface area contributed by atoms with Gasteiger partial charge >= 0.3 is 0 Å². The Kier molecular flexibility index (Phi) is 4.35. The fraction of sp³-hybridized carbons (Fsp3) is 0.667. The van der Waals surface area contributed by atoms with Gasteiger partial charge in [-0.1, -0.05) is 58.4 Å². The quantitative estimate of drug-likeness (QED) is 0.806. The third kappa shape index (κ3) is 3.60. The summed E-state index contributed by atoms with van der Waals surface area (Å²) in [5.74, 6) is 1.45. The number of benzene rings is 1. The van der Waals surface area contributed by atoms with E-state index in [1.54, 1.807) is 0 Å². The zero-order valence-electron chi connectivity index (χ0n) is 12.9. The van der Waals surface area contributed by atoms with Crippen LogP contribution in [0.15, 0.2) is 24.3 Å². The van der Waals surface area contributed by atoms with Crippen molar-refractivity contribution >= 4 is 0 Å². The van der Waals surface area contributed by atoms with E-state index in [9.17, 15) is 0 Å². The molecule has 1 aromatic rings. The summed E-state index contributed by atoms with van der Waals surface area (Å²) in [6.45, 7) is 9.20. The van der Waals surface area contributed by atoms with Crippen LogP contribution in [-0.2, 0) is 0 Å². The summed E-state index contributed by atoms with van der Waals surface area (Å²) in [6.07, 6.45) is 5.19. The maximum absolute atomic E-state index is 6.37. The van der Waals surface area contributed by atoms with Crippen molar-refractivity contribution in [3.8, 4) is 0 Å². The van der Waals surface area contributed by atoms with Crippen LogP contribution in [-0.4, -0.2) is 0 Å². The molecular weight excluding hydrogens is 230 g/mol. The minimum absolute atomic E-state index is 0.171. The second kappa shape index (κ2) is 5.66. The van der Waals surface area contributed by atoms with Gasteiger partial charge in [-0.3, -0.25) is 0 Å². The van der Waals surface area contributed by atoms with E-state index in [0.717, 1.165) is 12.3 Å². The average molecular weight is 259 g/mol. The van der Waals surface area contributed by atoms with Gasteiger partial charge in [-0.05, 0) is 47.6 Å². The van der Waals surface area contributed by atoms with Gasteiger partial charge in [-0.2, -0.15) is 0 Å². The van der Waals surface area contributed by atoms with Gasteiger partial charge in [0, 0.05) is 6.04 Å². The SMILES string of the molecule is CC(CC(N)c1ccc(C2CCC2)cc1)C(C)(C)C.